The Kier molecular flexibility index (Phi) is 8.14. The van der Waals surface area contributed by atoms with Gasteiger partial charge in [-0.2, -0.15) is 0 Å². The minimum Gasteiger partial charge on any atom is -0.444 e. The first-order chi connectivity index (χ1) is 17.2. The van der Waals surface area contributed by atoms with Crippen LogP contribution in [0.5, 0.6) is 0 Å². The van der Waals surface area contributed by atoms with E-state index in [4.69, 9.17) is 4.74 Å². The molecule has 4 rings (SSSR count). The lowest BCUT2D eigenvalue weighted by Gasteiger charge is -2.32. The SMILES string of the molecule is CC(C)(C)OC(=O)NCc1cccc(C2CCN(C(=O)c3cccc(-c4ccccc4Br)c3)CC2)c1. The predicted molar refractivity (Wildman–Crippen MR) is 147 cm³/mol. The van der Waals surface area contributed by atoms with Crippen molar-refractivity contribution in [2.75, 3.05) is 13.1 Å². The van der Waals surface area contributed by atoms with Crippen LogP contribution in [0.1, 0.15) is 61.0 Å². The molecular weight excluding hydrogens is 516 g/mol. The predicted octanol–water partition coefficient (Wildman–Crippen LogP) is 7.16. The average molecular weight is 550 g/mol. The average Bonchev–Trinajstić information content (AvgIpc) is 2.87. The zero-order chi connectivity index (χ0) is 25.7. The number of hydrogen-bond acceptors (Lipinski definition) is 3. The largest absolute Gasteiger partial charge is 0.444 e. The third-order valence-electron chi connectivity index (χ3n) is 6.33. The van der Waals surface area contributed by atoms with Gasteiger partial charge in [0.25, 0.3) is 5.91 Å². The molecule has 6 heteroatoms. The van der Waals surface area contributed by atoms with Gasteiger partial charge in [-0.15, -0.1) is 0 Å². The molecule has 0 aromatic heterocycles. The summed E-state index contributed by atoms with van der Waals surface area (Å²) in [5, 5.41) is 2.83. The monoisotopic (exact) mass is 548 g/mol. The number of ether oxygens (including phenoxy) is 1. The van der Waals surface area contributed by atoms with Gasteiger partial charge in [-0.25, -0.2) is 4.79 Å². The lowest BCUT2D eigenvalue weighted by Crippen LogP contribution is -2.38. The van der Waals surface area contributed by atoms with E-state index in [9.17, 15) is 9.59 Å². The van der Waals surface area contributed by atoms with E-state index < -0.39 is 11.7 Å². The van der Waals surface area contributed by atoms with E-state index in [2.05, 4.69) is 39.4 Å². The molecule has 3 aromatic rings. The lowest BCUT2D eigenvalue weighted by molar-refractivity contribution is 0.0523. The highest BCUT2D eigenvalue weighted by Crippen LogP contribution is 2.31. The normalized spacial score (nSPS) is 14.4. The van der Waals surface area contributed by atoms with Crippen molar-refractivity contribution in [2.45, 2.75) is 51.7 Å². The third kappa shape index (κ3) is 6.76. The van der Waals surface area contributed by atoms with Gasteiger partial charge in [0.15, 0.2) is 0 Å². The van der Waals surface area contributed by atoms with Crippen LogP contribution in [0.4, 0.5) is 4.79 Å². The Balaban J connectivity index is 1.35. The maximum absolute atomic E-state index is 13.3. The van der Waals surface area contributed by atoms with Crippen molar-refractivity contribution in [3.8, 4) is 11.1 Å². The van der Waals surface area contributed by atoms with Crippen molar-refractivity contribution in [1.82, 2.24) is 10.2 Å². The highest BCUT2D eigenvalue weighted by atomic mass is 79.9. The summed E-state index contributed by atoms with van der Waals surface area (Å²) in [6.45, 7) is 7.43. The van der Waals surface area contributed by atoms with Crippen LogP contribution >= 0.6 is 15.9 Å². The molecular formula is C30H33BrN2O3. The van der Waals surface area contributed by atoms with Crippen LogP contribution in [-0.2, 0) is 11.3 Å². The first-order valence-electron chi connectivity index (χ1n) is 12.4. The minimum absolute atomic E-state index is 0.0812. The summed E-state index contributed by atoms with van der Waals surface area (Å²) in [7, 11) is 0. The van der Waals surface area contributed by atoms with E-state index in [1.165, 1.54) is 5.56 Å². The molecule has 2 amide bonds. The molecule has 0 spiro atoms. The van der Waals surface area contributed by atoms with Gasteiger partial charge in [-0.1, -0.05) is 70.5 Å². The Labute approximate surface area is 222 Å². The number of carbonyl (C=O) groups excluding carboxylic acids is 2. The number of alkyl carbamates (subject to hydrolysis) is 1. The Morgan fingerprint density at radius 3 is 2.42 bits per heavy atom. The molecule has 1 aliphatic rings. The van der Waals surface area contributed by atoms with Crippen molar-refractivity contribution < 1.29 is 14.3 Å². The molecule has 3 aromatic carbocycles. The van der Waals surface area contributed by atoms with E-state index in [0.717, 1.165) is 52.7 Å². The molecule has 1 N–H and O–H groups in total. The van der Waals surface area contributed by atoms with Gasteiger partial charge in [0, 0.05) is 29.7 Å². The Morgan fingerprint density at radius 2 is 1.69 bits per heavy atom. The van der Waals surface area contributed by atoms with Crippen LogP contribution in [0.3, 0.4) is 0 Å². The molecule has 1 saturated heterocycles. The van der Waals surface area contributed by atoms with E-state index in [-0.39, 0.29) is 5.91 Å². The molecule has 0 unspecified atom stereocenters. The van der Waals surface area contributed by atoms with Crippen molar-refractivity contribution >= 4 is 27.9 Å². The lowest BCUT2D eigenvalue weighted by atomic mass is 9.88. The van der Waals surface area contributed by atoms with Gasteiger partial charge in [-0.3, -0.25) is 4.79 Å². The van der Waals surface area contributed by atoms with Crippen LogP contribution in [-0.4, -0.2) is 35.6 Å². The fourth-order valence-corrected chi connectivity index (χ4v) is 5.07. The number of likely N-dealkylation sites (tertiary alicyclic amines) is 1. The summed E-state index contributed by atoms with van der Waals surface area (Å²) in [4.78, 5) is 27.2. The van der Waals surface area contributed by atoms with Gasteiger partial charge >= 0.3 is 6.09 Å². The topological polar surface area (TPSA) is 58.6 Å². The van der Waals surface area contributed by atoms with E-state index in [1.807, 2.05) is 80.3 Å². The standard InChI is InChI=1S/C30H33BrN2O3/c1-30(2,3)36-29(35)32-20-21-8-6-9-23(18-21)22-14-16-33(17-15-22)28(34)25-11-7-10-24(19-25)26-12-4-5-13-27(26)31/h4-13,18-19,22H,14-17,20H2,1-3H3,(H,32,35). The minimum atomic E-state index is -0.517. The third-order valence-corrected chi connectivity index (χ3v) is 7.03. The number of carbonyl (C=O) groups is 2. The van der Waals surface area contributed by atoms with Crippen LogP contribution in [0, 0.1) is 0 Å². The van der Waals surface area contributed by atoms with Crippen LogP contribution in [0.15, 0.2) is 77.3 Å². The molecule has 188 valence electrons. The fraction of sp³-hybridized carbons (Fsp3) is 0.333. The second kappa shape index (κ2) is 11.3. The highest BCUT2D eigenvalue weighted by Gasteiger charge is 2.25. The molecule has 1 aliphatic heterocycles. The molecule has 1 heterocycles. The van der Waals surface area contributed by atoms with Gasteiger partial charge in [0.2, 0.25) is 0 Å². The van der Waals surface area contributed by atoms with E-state index in [0.29, 0.717) is 12.5 Å². The maximum atomic E-state index is 13.3. The summed E-state index contributed by atoms with van der Waals surface area (Å²) in [6, 6.07) is 24.3. The summed E-state index contributed by atoms with van der Waals surface area (Å²) in [5.74, 6) is 0.472. The highest BCUT2D eigenvalue weighted by molar-refractivity contribution is 9.10. The molecule has 0 atom stereocenters. The Morgan fingerprint density at radius 1 is 0.972 bits per heavy atom. The first-order valence-corrected chi connectivity index (χ1v) is 13.2. The number of halogens is 1. The van der Waals surface area contributed by atoms with Crippen molar-refractivity contribution in [3.63, 3.8) is 0 Å². The number of piperidine rings is 1. The van der Waals surface area contributed by atoms with Crippen molar-refractivity contribution in [1.29, 1.82) is 0 Å². The smallest absolute Gasteiger partial charge is 0.407 e. The number of rotatable bonds is 5. The molecule has 0 aliphatic carbocycles. The molecule has 0 saturated carbocycles. The number of nitrogens with one attached hydrogen (secondary N) is 1. The van der Waals surface area contributed by atoms with Crippen LogP contribution < -0.4 is 5.32 Å². The molecule has 0 bridgehead atoms. The second-order valence-electron chi connectivity index (χ2n) is 10.2. The first kappa shape index (κ1) is 26.0. The molecule has 0 radical (unpaired) electrons. The van der Waals surface area contributed by atoms with Crippen LogP contribution in [0.2, 0.25) is 0 Å². The number of amides is 2. The van der Waals surface area contributed by atoms with Crippen molar-refractivity contribution in [2.24, 2.45) is 0 Å². The number of hydrogen-bond donors (Lipinski definition) is 1. The second-order valence-corrected chi connectivity index (χ2v) is 11.1. The summed E-state index contributed by atoms with van der Waals surface area (Å²) >= 11 is 3.61. The van der Waals surface area contributed by atoms with E-state index in [1.54, 1.807) is 0 Å². The van der Waals surface area contributed by atoms with Crippen molar-refractivity contribution in [3.05, 3.63) is 94.0 Å². The molecule has 1 fully saturated rings. The van der Waals surface area contributed by atoms with Gasteiger partial charge in [-0.05, 0) is 80.0 Å². The summed E-state index contributed by atoms with van der Waals surface area (Å²) in [5.41, 5.74) is 4.60. The molecule has 36 heavy (non-hydrogen) atoms. The summed E-state index contributed by atoms with van der Waals surface area (Å²) < 4.78 is 6.34. The van der Waals surface area contributed by atoms with Crippen LogP contribution in [0.25, 0.3) is 11.1 Å². The van der Waals surface area contributed by atoms with Gasteiger partial charge < -0.3 is 15.0 Å². The number of nitrogens with zero attached hydrogens (tertiary/aromatic N) is 1. The zero-order valence-corrected chi connectivity index (χ0v) is 22.7. The van der Waals surface area contributed by atoms with E-state index >= 15 is 0 Å². The fourth-order valence-electron chi connectivity index (χ4n) is 4.56. The molecule has 5 nitrogen and oxygen atoms in total. The zero-order valence-electron chi connectivity index (χ0n) is 21.1. The quantitative estimate of drug-likeness (QED) is 0.368. The van der Waals surface area contributed by atoms with Gasteiger partial charge in [0.1, 0.15) is 5.60 Å². The van der Waals surface area contributed by atoms with Gasteiger partial charge in [0.05, 0.1) is 0 Å². The Bertz CT molecular complexity index is 1230. The maximum Gasteiger partial charge on any atom is 0.407 e. The number of benzene rings is 3. The Hall–Kier alpha value is -3.12. The summed E-state index contributed by atoms with van der Waals surface area (Å²) in [6.07, 6.45) is 1.42.